The first-order chi connectivity index (χ1) is 18.9. The van der Waals surface area contributed by atoms with Crippen LogP contribution >= 0.6 is 0 Å². The first-order valence-electron chi connectivity index (χ1n) is 13.0. The second-order valence-corrected chi connectivity index (χ2v) is 10.0. The molecule has 2 amide bonds. The molecular formula is C28H34F3N3O6. The number of halogens is 3. The average molecular weight is 566 g/mol. The van der Waals surface area contributed by atoms with Crippen LogP contribution in [0.15, 0.2) is 54.6 Å². The van der Waals surface area contributed by atoms with Crippen molar-refractivity contribution in [2.45, 2.75) is 62.5 Å². The summed E-state index contributed by atoms with van der Waals surface area (Å²) < 4.78 is 31.7. The zero-order valence-electron chi connectivity index (χ0n) is 21.8. The van der Waals surface area contributed by atoms with Gasteiger partial charge in [0.2, 0.25) is 5.91 Å². The van der Waals surface area contributed by atoms with Crippen molar-refractivity contribution in [1.29, 1.82) is 0 Å². The van der Waals surface area contributed by atoms with Gasteiger partial charge in [-0.05, 0) is 54.9 Å². The van der Waals surface area contributed by atoms with Crippen molar-refractivity contribution in [2.75, 3.05) is 19.7 Å². The molecule has 9 nitrogen and oxygen atoms in total. The number of hydrogen-bond acceptors (Lipinski definition) is 6. The predicted molar refractivity (Wildman–Crippen MR) is 139 cm³/mol. The fraction of sp³-hybridized carbons (Fsp3) is 0.464. The third kappa shape index (κ3) is 8.26. The minimum atomic E-state index is -5.08. The number of aliphatic carboxylic acids is 1. The van der Waals surface area contributed by atoms with Gasteiger partial charge in [0.1, 0.15) is 0 Å². The molecule has 2 aromatic rings. The van der Waals surface area contributed by atoms with Crippen molar-refractivity contribution >= 4 is 17.8 Å². The van der Waals surface area contributed by atoms with Crippen molar-refractivity contribution in [1.82, 2.24) is 9.80 Å². The zero-order chi connectivity index (χ0) is 29.4. The fourth-order valence-corrected chi connectivity index (χ4v) is 5.45. The maximum atomic E-state index is 12.7. The Hall–Kier alpha value is -3.48. The Balaban J connectivity index is 0.000000559. The Morgan fingerprint density at radius 3 is 2.15 bits per heavy atom. The SMILES string of the molecule is NC(=O)c1cccc(C2CC3CCC(C2)N3CCN(Cc2ccccc2)C(=O)[C@@H](O)CO)c1.O=C(O)C(F)(F)F. The van der Waals surface area contributed by atoms with E-state index in [4.69, 9.17) is 15.6 Å². The third-order valence-electron chi connectivity index (χ3n) is 7.38. The summed E-state index contributed by atoms with van der Waals surface area (Å²) in [4.78, 5) is 37.3. The van der Waals surface area contributed by atoms with Crippen LogP contribution in [0.25, 0.3) is 0 Å². The summed E-state index contributed by atoms with van der Waals surface area (Å²) in [6.45, 7) is 1.06. The quantitative estimate of drug-likeness (QED) is 0.366. The molecule has 2 fully saturated rings. The molecule has 0 radical (unpaired) electrons. The van der Waals surface area contributed by atoms with Crippen LogP contribution in [0.2, 0.25) is 0 Å². The molecule has 2 unspecified atom stereocenters. The van der Waals surface area contributed by atoms with E-state index in [1.807, 2.05) is 42.5 Å². The molecule has 2 aromatic carbocycles. The summed E-state index contributed by atoms with van der Waals surface area (Å²) >= 11 is 0. The molecule has 3 atom stereocenters. The number of fused-ring (bicyclic) bond motifs is 2. The molecule has 2 saturated heterocycles. The number of piperidine rings is 1. The molecule has 2 bridgehead atoms. The van der Waals surface area contributed by atoms with Crippen LogP contribution in [0.3, 0.4) is 0 Å². The van der Waals surface area contributed by atoms with Gasteiger partial charge >= 0.3 is 12.1 Å². The Labute approximate surface area is 230 Å². The van der Waals surface area contributed by atoms with Crippen LogP contribution in [0, 0.1) is 0 Å². The number of primary amides is 1. The Morgan fingerprint density at radius 2 is 1.62 bits per heavy atom. The summed E-state index contributed by atoms with van der Waals surface area (Å²) in [5, 5.41) is 26.4. The van der Waals surface area contributed by atoms with Crippen molar-refractivity contribution in [3.8, 4) is 0 Å². The highest BCUT2D eigenvalue weighted by Crippen LogP contribution is 2.43. The van der Waals surface area contributed by atoms with E-state index < -0.39 is 36.7 Å². The molecule has 40 heavy (non-hydrogen) atoms. The molecule has 218 valence electrons. The molecule has 0 aromatic heterocycles. The van der Waals surface area contributed by atoms with Gasteiger partial charge in [0.15, 0.2) is 6.10 Å². The van der Waals surface area contributed by atoms with Gasteiger partial charge in [-0.1, -0.05) is 42.5 Å². The lowest BCUT2D eigenvalue weighted by Gasteiger charge is -2.40. The summed E-state index contributed by atoms with van der Waals surface area (Å²) in [5.74, 6) is -3.19. The fourth-order valence-electron chi connectivity index (χ4n) is 5.45. The maximum absolute atomic E-state index is 12.7. The normalized spacial score (nSPS) is 21.2. The Morgan fingerprint density at radius 1 is 1.02 bits per heavy atom. The van der Waals surface area contributed by atoms with E-state index in [1.54, 1.807) is 11.0 Å². The molecule has 2 heterocycles. The summed E-state index contributed by atoms with van der Waals surface area (Å²) in [5.41, 5.74) is 8.19. The van der Waals surface area contributed by atoms with E-state index in [2.05, 4.69) is 11.0 Å². The number of alkyl halides is 3. The highest BCUT2D eigenvalue weighted by Gasteiger charge is 2.41. The van der Waals surface area contributed by atoms with Gasteiger partial charge in [0.25, 0.3) is 5.91 Å². The van der Waals surface area contributed by atoms with Gasteiger partial charge < -0.3 is 26.0 Å². The number of hydrogen-bond donors (Lipinski definition) is 4. The van der Waals surface area contributed by atoms with E-state index in [1.165, 1.54) is 5.56 Å². The van der Waals surface area contributed by atoms with E-state index in [0.717, 1.165) is 37.8 Å². The number of aliphatic hydroxyl groups excluding tert-OH is 2. The average Bonchev–Trinajstić information content (AvgIpc) is 3.16. The number of carboxylic acids is 1. The predicted octanol–water partition coefficient (Wildman–Crippen LogP) is 2.51. The van der Waals surface area contributed by atoms with E-state index in [9.17, 15) is 33.0 Å². The van der Waals surface area contributed by atoms with Gasteiger partial charge in [-0.3, -0.25) is 14.5 Å². The van der Waals surface area contributed by atoms with E-state index >= 15 is 0 Å². The minimum Gasteiger partial charge on any atom is -0.475 e. The first-order valence-corrected chi connectivity index (χ1v) is 13.0. The maximum Gasteiger partial charge on any atom is 0.490 e. The molecule has 5 N–H and O–H groups in total. The molecule has 0 saturated carbocycles. The number of amides is 2. The van der Waals surface area contributed by atoms with E-state index in [-0.39, 0.29) is 0 Å². The smallest absolute Gasteiger partial charge is 0.475 e. The lowest BCUT2D eigenvalue weighted by Crippen LogP contribution is -2.48. The number of carbonyl (C=O) groups excluding carboxylic acids is 2. The number of nitrogens with zero attached hydrogens (tertiary/aromatic N) is 2. The van der Waals surface area contributed by atoms with Gasteiger partial charge in [0, 0.05) is 37.3 Å². The zero-order valence-corrected chi connectivity index (χ0v) is 21.8. The molecule has 0 spiro atoms. The molecular weight excluding hydrogens is 531 g/mol. The molecule has 0 aliphatic carbocycles. The minimum absolute atomic E-state index is 0.398. The molecule has 2 aliphatic heterocycles. The third-order valence-corrected chi connectivity index (χ3v) is 7.38. The summed E-state index contributed by atoms with van der Waals surface area (Å²) in [7, 11) is 0. The van der Waals surface area contributed by atoms with Crippen molar-refractivity contribution in [3.05, 3.63) is 71.3 Å². The standard InChI is InChI=1S/C26H33N3O4.C2HF3O2/c27-25(32)20-8-4-7-19(13-20)21-14-22-9-10-23(15-21)29(22)12-11-28(26(33)24(31)17-30)16-18-5-2-1-3-6-18;3-2(4,5)1(6)7/h1-8,13,21-24,30-31H,9-12,14-17H2,(H2,27,32);(H,6,7)/t21?,22?,23?,24-;/m0./s1. The van der Waals surface area contributed by atoms with Gasteiger partial charge in [0.05, 0.1) is 6.61 Å². The second kappa shape index (κ2) is 13.7. The molecule has 4 rings (SSSR count). The number of carboxylic acid groups (broad SMARTS) is 1. The summed E-state index contributed by atoms with van der Waals surface area (Å²) in [6, 6.07) is 18.3. The van der Waals surface area contributed by atoms with Crippen LogP contribution < -0.4 is 5.73 Å². The van der Waals surface area contributed by atoms with Crippen LogP contribution in [-0.4, -0.2) is 87.0 Å². The lowest BCUT2D eigenvalue weighted by atomic mass is 9.84. The van der Waals surface area contributed by atoms with Gasteiger partial charge in [-0.15, -0.1) is 0 Å². The van der Waals surface area contributed by atoms with Gasteiger partial charge in [-0.2, -0.15) is 13.2 Å². The van der Waals surface area contributed by atoms with Crippen molar-refractivity contribution in [2.24, 2.45) is 5.73 Å². The number of nitrogens with two attached hydrogens (primary N) is 1. The monoisotopic (exact) mass is 565 g/mol. The van der Waals surface area contributed by atoms with Crippen LogP contribution in [0.1, 0.15) is 53.1 Å². The van der Waals surface area contributed by atoms with E-state index in [0.29, 0.717) is 36.7 Å². The molecule has 2 aliphatic rings. The number of rotatable bonds is 9. The Bertz CT molecular complexity index is 1150. The topological polar surface area (TPSA) is 144 Å². The second-order valence-electron chi connectivity index (χ2n) is 10.0. The highest BCUT2D eigenvalue weighted by atomic mass is 19.4. The van der Waals surface area contributed by atoms with Crippen molar-refractivity contribution < 1.29 is 42.9 Å². The van der Waals surface area contributed by atoms with Crippen LogP contribution in [0.5, 0.6) is 0 Å². The Kier molecular flexibility index (Phi) is 10.7. The number of aliphatic hydroxyl groups is 2. The highest BCUT2D eigenvalue weighted by molar-refractivity contribution is 5.92. The lowest BCUT2D eigenvalue weighted by molar-refractivity contribution is -0.192. The number of carbonyl (C=O) groups is 3. The number of benzene rings is 2. The van der Waals surface area contributed by atoms with Gasteiger partial charge in [-0.25, -0.2) is 4.79 Å². The van der Waals surface area contributed by atoms with Crippen LogP contribution in [-0.2, 0) is 16.1 Å². The summed E-state index contributed by atoms with van der Waals surface area (Å²) in [6.07, 6.45) is -2.19. The largest absolute Gasteiger partial charge is 0.490 e. The first kappa shape index (κ1) is 31.1. The van der Waals surface area contributed by atoms with Crippen LogP contribution in [0.4, 0.5) is 13.2 Å². The van der Waals surface area contributed by atoms with Crippen molar-refractivity contribution in [3.63, 3.8) is 0 Å². The molecule has 12 heteroatoms.